The van der Waals surface area contributed by atoms with Crippen molar-refractivity contribution < 1.29 is 18.4 Å². The van der Waals surface area contributed by atoms with Crippen molar-refractivity contribution in [1.29, 1.82) is 0 Å². The molecule has 0 spiro atoms. The molecule has 0 aliphatic heterocycles. The van der Waals surface area contributed by atoms with Gasteiger partial charge in [-0.25, -0.2) is 13.4 Å². The molecule has 0 amide bonds. The SMILES string of the molecule is N[C@@H](Cc1ccccc1)[C@H](O)CN(OC1CCCC1)S(=O)(=O)c1ccc2nc[nH]c2c1. The summed E-state index contributed by atoms with van der Waals surface area (Å²) >= 11 is 0. The molecule has 9 heteroatoms. The molecule has 3 aromatic rings. The second-order valence-corrected chi connectivity index (χ2v) is 9.83. The van der Waals surface area contributed by atoms with Crippen molar-refractivity contribution in [3.63, 3.8) is 0 Å². The molecule has 166 valence electrons. The predicted molar refractivity (Wildman–Crippen MR) is 117 cm³/mol. The van der Waals surface area contributed by atoms with Gasteiger partial charge in [0.25, 0.3) is 10.0 Å². The number of aromatic nitrogens is 2. The molecular formula is C22H28N4O4S. The molecule has 4 rings (SSSR count). The highest BCUT2D eigenvalue weighted by molar-refractivity contribution is 7.89. The maximum Gasteiger partial charge on any atom is 0.265 e. The molecule has 8 nitrogen and oxygen atoms in total. The number of imidazole rings is 1. The van der Waals surface area contributed by atoms with Gasteiger partial charge in [-0.05, 0) is 43.0 Å². The summed E-state index contributed by atoms with van der Waals surface area (Å²) in [5.74, 6) is 0. The number of nitrogens with zero attached hydrogens (tertiary/aromatic N) is 2. The van der Waals surface area contributed by atoms with Crippen LogP contribution in [0.2, 0.25) is 0 Å². The summed E-state index contributed by atoms with van der Waals surface area (Å²) in [5, 5.41) is 10.7. The van der Waals surface area contributed by atoms with Crippen molar-refractivity contribution >= 4 is 21.1 Å². The van der Waals surface area contributed by atoms with Crippen molar-refractivity contribution in [2.75, 3.05) is 6.54 Å². The summed E-state index contributed by atoms with van der Waals surface area (Å²) in [6.45, 7) is -0.242. The van der Waals surface area contributed by atoms with Crippen LogP contribution in [0.4, 0.5) is 0 Å². The van der Waals surface area contributed by atoms with Crippen LogP contribution in [-0.4, -0.2) is 52.8 Å². The van der Waals surface area contributed by atoms with E-state index in [1.54, 1.807) is 6.07 Å². The van der Waals surface area contributed by atoms with Crippen molar-refractivity contribution in [3.8, 4) is 0 Å². The summed E-state index contributed by atoms with van der Waals surface area (Å²) in [6.07, 6.45) is 4.23. The van der Waals surface area contributed by atoms with E-state index in [2.05, 4.69) is 9.97 Å². The van der Waals surface area contributed by atoms with Crippen LogP contribution >= 0.6 is 0 Å². The maximum absolute atomic E-state index is 13.4. The first kappa shape index (κ1) is 21.9. The third kappa shape index (κ3) is 5.13. The van der Waals surface area contributed by atoms with Crippen molar-refractivity contribution in [3.05, 3.63) is 60.4 Å². The Morgan fingerprint density at radius 1 is 1.19 bits per heavy atom. The van der Waals surface area contributed by atoms with E-state index in [1.165, 1.54) is 18.5 Å². The summed E-state index contributed by atoms with van der Waals surface area (Å²) < 4.78 is 27.8. The number of aliphatic hydroxyl groups excluding tert-OH is 1. The first-order valence-electron chi connectivity index (χ1n) is 10.5. The van der Waals surface area contributed by atoms with Gasteiger partial charge in [-0.15, -0.1) is 0 Å². The third-order valence-electron chi connectivity index (χ3n) is 5.67. The molecule has 1 aliphatic rings. The lowest BCUT2D eigenvalue weighted by Gasteiger charge is -2.29. The zero-order chi connectivity index (χ0) is 21.8. The number of hydrogen-bond donors (Lipinski definition) is 3. The minimum atomic E-state index is -4.01. The Bertz CT molecular complexity index is 1100. The average Bonchev–Trinajstić information content (AvgIpc) is 3.45. The quantitative estimate of drug-likeness (QED) is 0.436. The van der Waals surface area contributed by atoms with Crippen LogP contribution in [0.25, 0.3) is 11.0 Å². The number of benzene rings is 2. The van der Waals surface area contributed by atoms with Gasteiger partial charge in [0.15, 0.2) is 0 Å². The molecule has 1 aliphatic carbocycles. The third-order valence-corrected chi connectivity index (χ3v) is 7.29. The Kier molecular flexibility index (Phi) is 6.68. The van der Waals surface area contributed by atoms with Gasteiger partial charge in [0.1, 0.15) is 0 Å². The van der Waals surface area contributed by atoms with Crippen LogP contribution < -0.4 is 5.73 Å². The molecule has 1 saturated carbocycles. The van der Waals surface area contributed by atoms with Gasteiger partial charge in [0, 0.05) is 6.04 Å². The predicted octanol–water partition coefficient (Wildman–Crippen LogP) is 2.36. The molecule has 1 aromatic heterocycles. The van der Waals surface area contributed by atoms with Gasteiger partial charge in [-0.3, -0.25) is 4.84 Å². The zero-order valence-corrected chi connectivity index (χ0v) is 18.0. The highest BCUT2D eigenvalue weighted by Gasteiger charge is 2.33. The summed E-state index contributed by atoms with van der Waals surface area (Å²) in [4.78, 5) is 13.0. The second kappa shape index (κ2) is 9.46. The van der Waals surface area contributed by atoms with Crippen LogP contribution in [0.5, 0.6) is 0 Å². The smallest absolute Gasteiger partial charge is 0.265 e. The molecular weight excluding hydrogens is 416 g/mol. The lowest BCUT2D eigenvalue weighted by Crippen LogP contribution is -2.47. The number of nitrogens with two attached hydrogens (primary N) is 1. The normalized spacial score (nSPS) is 17.4. The first-order valence-corrected chi connectivity index (χ1v) is 12.0. The van der Waals surface area contributed by atoms with Gasteiger partial charge in [-0.1, -0.05) is 47.6 Å². The maximum atomic E-state index is 13.4. The van der Waals surface area contributed by atoms with E-state index in [0.29, 0.717) is 17.5 Å². The van der Waals surface area contributed by atoms with Gasteiger partial charge >= 0.3 is 0 Å². The Morgan fingerprint density at radius 2 is 1.94 bits per heavy atom. The number of H-pyrrole nitrogens is 1. The molecule has 1 fully saturated rings. The average molecular weight is 445 g/mol. The van der Waals surface area contributed by atoms with E-state index < -0.39 is 22.2 Å². The molecule has 2 aromatic carbocycles. The topological polar surface area (TPSA) is 122 Å². The number of hydrogen-bond acceptors (Lipinski definition) is 6. The summed E-state index contributed by atoms with van der Waals surface area (Å²) in [5.41, 5.74) is 8.47. The van der Waals surface area contributed by atoms with Crippen LogP contribution in [-0.2, 0) is 21.3 Å². The zero-order valence-electron chi connectivity index (χ0n) is 17.2. The molecule has 0 saturated heterocycles. The molecule has 2 atom stereocenters. The lowest BCUT2D eigenvalue weighted by atomic mass is 10.0. The minimum absolute atomic E-state index is 0.0751. The van der Waals surface area contributed by atoms with Gasteiger partial charge < -0.3 is 15.8 Å². The van der Waals surface area contributed by atoms with Gasteiger partial charge in [0.2, 0.25) is 0 Å². The number of fused-ring (bicyclic) bond motifs is 1. The number of rotatable bonds is 9. The van der Waals surface area contributed by atoms with Crippen LogP contribution in [0.3, 0.4) is 0 Å². The number of nitrogens with one attached hydrogen (secondary N) is 1. The van der Waals surface area contributed by atoms with Crippen molar-refractivity contribution in [2.45, 2.75) is 55.2 Å². The van der Waals surface area contributed by atoms with Gasteiger partial charge in [-0.2, -0.15) is 0 Å². The Balaban J connectivity index is 1.55. The Morgan fingerprint density at radius 3 is 2.68 bits per heavy atom. The van der Waals surface area contributed by atoms with E-state index in [1.807, 2.05) is 30.3 Å². The molecule has 0 radical (unpaired) electrons. The number of sulfonamides is 1. The molecule has 0 bridgehead atoms. The molecule has 0 unspecified atom stereocenters. The fourth-order valence-electron chi connectivity index (χ4n) is 3.86. The second-order valence-electron chi connectivity index (χ2n) is 8.00. The minimum Gasteiger partial charge on any atom is -0.390 e. The number of aliphatic hydroxyl groups is 1. The van der Waals surface area contributed by atoms with Crippen molar-refractivity contribution in [1.82, 2.24) is 14.4 Å². The highest BCUT2D eigenvalue weighted by atomic mass is 32.2. The molecule has 4 N–H and O–H groups in total. The highest BCUT2D eigenvalue weighted by Crippen LogP contribution is 2.27. The monoisotopic (exact) mass is 444 g/mol. The van der Waals surface area contributed by atoms with E-state index >= 15 is 0 Å². The summed E-state index contributed by atoms with van der Waals surface area (Å²) in [7, 11) is -4.01. The van der Waals surface area contributed by atoms with Crippen LogP contribution in [0, 0.1) is 0 Å². The number of hydroxylamine groups is 1. The lowest BCUT2D eigenvalue weighted by molar-refractivity contribution is -0.144. The molecule has 31 heavy (non-hydrogen) atoms. The fourth-order valence-corrected chi connectivity index (χ4v) is 5.19. The van der Waals surface area contributed by atoms with Crippen molar-refractivity contribution in [2.24, 2.45) is 5.73 Å². The fraction of sp³-hybridized carbons (Fsp3) is 0.409. The molecule has 1 heterocycles. The Hall–Kier alpha value is -2.30. The van der Waals surface area contributed by atoms with Gasteiger partial charge in [0.05, 0.1) is 41.0 Å². The Labute approximate surface area is 182 Å². The standard InChI is InChI=1S/C22H28N4O4S/c23-19(12-16-6-2-1-3-7-16)22(27)14-26(30-17-8-4-5-9-17)31(28,29)18-10-11-20-21(13-18)25-15-24-20/h1-3,6-7,10-11,13,15,17,19,22,27H,4-5,8-9,12,14,23H2,(H,24,25)/t19-,22+/m0/s1. The number of aromatic amines is 1. The summed E-state index contributed by atoms with van der Waals surface area (Å²) in [6, 6.07) is 13.6. The largest absolute Gasteiger partial charge is 0.390 e. The van der Waals surface area contributed by atoms with E-state index in [0.717, 1.165) is 35.7 Å². The van der Waals surface area contributed by atoms with Crippen LogP contribution in [0.15, 0.2) is 59.8 Å². The van der Waals surface area contributed by atoms with E-state index in [-0.39, 0.29) is 17.5 Å². The van der Waals surface area contributed by atoms with Crippen LogP contribution in [0.1, 0.15) is 31.2 Å². The first-order chi connectivity index (χ1) is 14.9. The van der Waals surface area contributed by atoms with E-state index in [4.69, 9.17) is 10.6 Å². The van der Waals surface area contributed by atoms with E-state index in [9.17, 15) is 13.5 Å².